The highest BCUT2D eigenvalue weighted by molar-refractivity contribution is 5.77. The van der Waals surface area contributed by atoms with Crippen LogP contribution in [-0.4, -0.2) is 22.1 Å². The molecule has 0 unspecified atom stereocenters. The van der Waals surface area contributed by atoms with Gasteiger partial charge in [-0.05, 0) is 29.8 Å². The van der Waals surface area contributed by atoms with Gasteiger partial charge in [0.25, 0.3) is 0 Å². The van der Waals surface area contributed by atoms with E-state index in [0.717, 1.165) is 5.52 Å². The predicted octanol–water partition coefficient (Wildman–Crippen LogP) is 3.62. The largest absolute Gasteiger partial charge is 0.500 e. The average Bonchev–Trinajstić information content (AvgIpc) is 2.96. The van der Waals surface area contributed by atoms with Crippen LogP contribution in [0, 0.1) is 10.1 Å². The smallest absolute Gasteiger partial charge is 0.315 e. The quantitative estimate of drug-likeness (QED) is 0.583. The van der Waals surface area contributed by atoms with Crippen molar-refractivity contribution >= 4 is 28.9 Å². The molecule has 0 amide bonds. The molecule has 1 aromatic heterocycles. The summed E-state index contributed by atoms with van der Waals surface area (Å²) in [6.45, 7) is 0. The standard InChI is InChI=1S/C16H12N2O5/c1-22-14-9-10(8-12(16(14)19)18(20)21)6-7-15-17-11-4-2-3-5-13(11)23-15/h2-9,19H,1H3/b7-6-. The molecular weight excluding hydrogens is 300 g/mol. The molecule has 0 bridgehead atoms. The normalized spacial score (nSPS) is 11.2. The monoisotopic (exact) mass is 312 g/mol. The third-order valence-electron chi connectivity index (χ3n) is 3.22. The fourth-order valence-corrected chi connectivity index (χ4v) is 2.13. The van der Waals surface area contributed by atoms with Gasteiger partial charge in [-0.1, -0.05) is 12.1 Å². The SMILES string of the molecule is COc1cc(/C=C\c2nc3ccccc3o2)cc([N+](=O)[O-])c1O. The lowest BCUT2D eigenvalue weighted by atomic mass is 10.1. The van der Waals surface area contributed by atoms with Gasteiger partial charge in [0.05, 0.1) is 12.0 Å². The Morgan fingerprint density at radius 2 is 2.09 bits per heavy atom. The number of methoxy groups -OCH3 is 1. The van der Waals surface area contributed by atoms with Gasteiger partial charge in [-0.15, -0.1) is 0 Å². The predicted molar refractivity (Wildman–Crippen MR) is 84.3 cm³/mol. The number of para-hydroxylation sites is 2. The molecule has 116 valence electrons. The molecule has 0 spiro atoms. The Morgan fingerprint density at radius 1 is 1.30 bits per heavy atom. The number of fused-ring (bicyclic) bond motifs is 1. The van der Waals surface area contributed by atoms with E-state index in [4.69, 9.17) is 9.15 Å². The Kier molecular flexibility index (Phi) is 3.68. The number of benzene rings is 2. The summed E-state index contributed by atoms with van der Waals surface area (Å²) in [5, 5.41) is 20.7. The number of hydrogen-bond acceptors (Lipinski definition) is 6. The first-order chi connectivity index (χ1) is 11.1. The van der Waals surface area contributed by atoms with E-state index in [2.05, 4.69) is 4.98 Å². The van der Waals surface area contributed by atoms with Gasteiger partial charge in [-0.3, -0.25) is 10.1 Å². The molecule has 0 aliphatic heterocycles. The summed E-state index contributed by atoms with van der Waals surface area (Å²) < 4.78 is 10.5. The number of nitrogens with zero attached hydrogens (tertiary/aromatic N) is 2. The lowest BCUT2D eigenvalue weighted by Gasteiger charge is -2.05. The van der Waals surface area contributed by atoms with E-state index in [1.165, 1.54) is 19.2 Å². The third kappa shape index (κ3) is 2.84. The van der Waals surface area contributed by atoms with Crippen molar-refractivity contribution in [1.29, 1.82) is 0 Å². The summed E-state index contributed by atoms with van der Waals surface area (Å²) >= 11 is 0. The number of oxazole rings is 1. The summed E-state index contributed by atoms with van der Waals surface area (Å²) in [4.78, 5) is 14.6. The number of nitro benzene ring substituents is 1. The van der Waals surface area contributed by atoms with Crippen LogP contribution in [0.2, 0.25) is 0 Å². The number of aromatic nitrogens is 1. The minimum Gasteiger partial charge on any atom is -0.500 e. The fraction of sp³-hybridized carbons (Fsp3) is 0.0625. The summed E-state index contributed by atoms with van der Waals surface area (Å²) in [7, 11) is 1.33. The van der Waals surface area contributed by atoms with E-state index in [1.807, 2.05) is 18.2 Å². The summed E-state index contributed by atoms with van der Waals surface area (Å²) in [6, 6.07) is 10.1. The zero-order valence-electron chi connectivity index (χ0n) is 12.1. The van der Waals surface area contributed by atoms with Crippen LogP contribution in [0.15, 0.2) is 40.8 Å². The van der Waals surface area contributed by atoms with Crippen LogP contribution in [0.4, 0.5) is 5.69 Å². The second-order valence-electron chi connectivity index (χ2n) is 4.70. The molecule has 3 rings (SSSR count). The minimum absolute atomic E-state index is 0.0245. The molecule has 3 aromatic rings. The molecule has 0 aliphatic rings. The van der Waals surface area contributed by atoms with Crippen LogP contribution < -0.4 is 4.74 Å². The van der Waals surface area contributed by atoms with Crippen molar-refractivity contribution in [3.63, 3.8) is 0 Å². The zero-order valence-corrected chi connectivity index (χ0v) is 12.1. The van der Waals surface area contributed by atoms with E-state index < -0.39 is 16.4 Å². The second kappa shape index (κ2) is 5.80. The molecule has 0 fully saturated rings. The Labute approximate surface area is 130 Å². The van der Waals surface area contributed by atoms with Gasteiger partial charge >= 0.3 is 5.69 Å². The molecule has 0 saturated heterocycles. The molecule has 0 saturated carbocycles. The van der Waals surface area contributed by atoms with Crippen LogP contribution in [0.3, 0.4) is 0 Å². The van der Waals surface area contributed by atoms with Crippen LogP contribution in [-0.2, 0) is 0 Å². The van der Waals surface area contributed by atoms with Crippen LogP contribution in [0.25, 0.3) is 23.3 Å². The van der Waals surface area contributed by atoms with E-state index in [-0.39, 0.29) is 5.75 Å². The second-order valence-corrected chi connectivity index (χ2v) is 4.70. The summed E-state index contributed by atoms with van der Waals surface area (Å²) in [5.41, 5.74) is 1.43. The average molecular weight is 312 g/mol. The molecule has 0 atom stereocenters. The van der Waals surface area contributed by atoms with E-state index >= 15 is 0 Å². The molecular formula is C16H12N2O5. The van der Waals surface area contributed by atoms with Gasteiger partial charge in [-0.2, -0.15) is 0 Å². The van der Waals surface area contributed by atoms with Crippen molar-refractivity contribution in [2.45, 2.75) is 0 Å². The van der Waals surface area contributed by atoms with Crippen LogP contribution >= 0.6 is 0 Å². The van der Waals surface area contributed by atoms with Gasteiger partial charge in [-0.25, -0.2) is 4.98 Å². The number of nitro groups is 1. The molecule has 0 aliphatic carbocycles. The number of phenols is 1. The van der Waals surface area contributed by atoms with Crippen molar-refractivity contribution in [3.8, 4) is 11.5 Å². The third-order valence-corrected chi connectivity index (χ3v) is 3.22. The maximum absolute atomic E-state index is 11.0. The molecule has 1 heterocycles. The topological polar surface area (TPSA) is 98.6 Å². The lowest BCUT2D eigenvalue weighted by Crippen LogP contribution is -1.93. The Hall–Kier alpha value is -3.35. The van der Waals surface area contributed by atoms with E-state index in [9.17, 15) is 15.2 Å². The number of ether oxygens (including phenoxy) is 1. The summed E-state index contributed by atoms with van der Waals surface area (Å²) in [5.74, 6) is -0.103. The number of rotatable bonds is 4. The zero-order chi connectivity index (χ0) is 16.4. The molecule has 23 heavy (non-hydrogen) atoms. The maximum atomic E-state index is 11.0. The van der Waals surface area contributed by atoms with E-state index in [1.54, 1.807) is 18.2 Å². The van der Waals surface area contributed by atoms with Crippen LogP contribution in [0.5, 0.6) is 11.5 Å². The highest BCUT2D eigenvalue weighted by Crippen LogP contribution is 2.37. The van der Waals surface area contributed by atoms with Crippen molar-refractivity contribution in [2.75, 3.05) is 7.11 Å². The Morgan fingerprint density at radius 3 is 2.78 bits per heavy atom. The van der Waals surface area contributed by atoms with Crippen molar-refractivity contribution in [1.82, 2.24) is 4.98 Å². The first-order valence-corrected chi connectivity index (χ1v) is 6.67. The molecule has 0 radical (unpaired) electrons. The maximum Gasteiger partial charge on any atom is 0.315 e. The highest BCUT2D eigenvalue weighted by atomic mass is 16.6. The lowest BCUT2D eigenvalue weighted by molar-refractivity contribution is -0.386. The Balaban J connectivity index is 1.98. The first kappa shape index (κ1) is 14.6. The van der Waals surface area contributed by atoms with Crippen LogP contribution in [0.1, 0.15) is 11.5 Å². The number of hydrogen-bond donors (Lipinski definition) is 1. The van der Waals surface area contributed by atoms with Crippen molar-refractivity contribution in [2.24, 2.45) is 0 Å². The highest BCUT2D eigenvalue weighted by Gasteiger charge is 2.19. The van der Waals surface area contributed by atoms with Gasteiger partial charge in [0, 0.05) is 12.1 Å². The number of phenolic OH excluding ortho intramolecular Hbond substituents is 1. The minimum atomic E-state index is -0.672. The fourth-order valence-electron chi connectivity index (χ4n) is 2.13. The van der Waals surface area contributed by atoms with E-state index in [0.29, 0.717) is 17.0 Å². The van der Waals surface area contributed by atoms with Gasteiger partial charge < -0.3 is 14.3 Å². The van der Waals surface area contributed by atoms with Gasteiger partial charge in [0.15, 0.2) is 11.3 Å². The molecule has 7 nitrogen and oxygen atoms in total. The number of aromatic hydroxyl groups is 1. The van der Waals surface area contributed by atoms with Crippen molar-refractivity contribution < 1.29 is 19.2 Å². The van der Waals surface area contributed by atoms with Crippen molar-refractivity contribution in [3.05, 3.63) is 58.0 Å². The molecule has 7 heteroatoms. The first-order valence-electron chi connectivity index (χ1n) is 6.67. The molecule has 1 N–H and O–H groups in total. The molecule has 2 aromatic carbocycles. The van der Waals surface area contributed by atoms with Gasteiger partial charge in [0.2, 0.25) is 11.6 Å². The summed E-state index contributed by atoms with van der Waals surface area (Å²) in [6.07, 6.45) is 3.19. The Bertz CT molecular complexity index is 881. The van der Waals surface area contributed by atoms with Gasteiger partial charge in [0.1, 0.15) is 5.52 Å².